The van der Waals surface area contributed by atoms with Crippen molar-refractivity contribution in [1.82, 2.24) is 4.90 Å². The summed E-state index contributed by atoms with van der Waals surface area (Å²) in [5.74, 6) is 0.280. The van der Waals surface area contributed by atoms with Gasteiger partial charge >= 0.3 is 0 Å². The van der Waals surface area contributed by atoms with Crippen LogP contribution in [0.5, 0.6) is 0 Å². The second-order valence-corrected chi connectivity index (χ2v) is 5.92. The van der Waals surface area contributed by atoms with Crippen molar-refractivity contribution in [2.75, 3.05) is 13.1 Å². The summed E-state index contributed by atoms with van der Waals surface area (Å²) in [6.45, 7) is 8.23. The summed E-state index contributed by atoms with van der Waals surface area (Å²) in [4.78, 5) is 2.48. The van der Waals surface area contributed by atoms with Crippen molar-refractivity contribution in [1.29, 1.82) is 0 Å². The van der Waals surface area contributed by atoms with Crippen molar-refractivity contribution in [3.63, 3.8) is 0 Å². The molecule has 0 aromatic heterocycles. The normalized spacial score (nSPS) is 24.9. The van der Waals surface area contributed by atoms with Gasteiger partial charge in [0.2, 0.25) is 0 Å². The molecule has 3 heteroatoms. The molecule has 106 valence electrons. The fourth-order valence-corrected chi connectivity index (χ4v) is 3.29. The third-order valence-electron chi connectivity index (χ3n) is 4.32. The number of hydrogen-bond donors (Lipinski definition) is 1. The third kappa shape index (κ3) is 2.98. The number of hydrogen-bond acceptors (Lipinski definition) is 2. The van der Waals surface area contributed by atoms with Crippen molar-refractivity contribution < 1.29 is 4.39 Å². The molecule has 0 saturated carbocycles. The third-order valence-corrected chi connectivity index (χ3v) is 4.32. The lowest BCUT2D eigenvalue weighted by atomic mass is 9.82. The smallest absolute Gasteiger partial charge is 0.123 e. The fraction of sp³-hybridized carbons (Fsp3) is 0.625. The summed E-state index contributed by atoms with van der Waals surface area (Å²) in [6, 6.07) is 5.84. The van der Waals surface area contributed by atoms with Gasteiger partial charge in [-0.25, -0.2) is 4.39 Å². The number of aryl methyl sites for hydroxylation is 1. The van der Waals surface area contributed by atoms with Gasteiger partial charge in [-0.05, 0) is 75.9 Å². The topological polar surface area (TPSA) is 29.3 Å². The van der Waals surface area contributed by atoms with Crippen LogP contribution in [0.1, 0.15) is 43.9 Å². The minimum absolute atomic E-state index is 0.148. The van der Waals surface area contributed by atoms with Crippen molar-refractivity contribution in [2.45, 2.75) is 45.7 Å². The molecule has 0 bridgehead atoms. The monoisotopic (exact) mass is 264 g/mol. The van der Waals surface area contributed by atoms with E-state index < -0.39 is 0 Å². The van der Waals surface area contributed by atoms with Crippen molar-refractivity contribution in [3.05, 3.63) is 35.1 Å². The maximum Gasteiger partial charge on any atom is 0.123 e. The molecule has 19 heavy (non-hydrogen) atoms. The van der Waals surface area contributed by atoms with Gasteiger partial charge in [0.15, 0.2) is 0 Å². The van der Waals surface area contributed by atoms with E-state index in [1.165, 1.54) is 6.42 Å². The summed E-state index contributed by atoms with van der Waals surface area (Å²) in [5.41, 5.74) is 8.24. The maximum atomic E-state index is 13.6. The van der Waals surface area contributed by atoms with Crippen LogP contribution >= 0.6 is 0 Å². The van der Waals surface area contributed by atoms with Crippen LogP contribution in [0.4, 0.5) is 4.39 Å². The zero-order chi connectivity index (χ0) is 14.0. The Kier molecular flexibility index (Phi) is 4.58. The minimum Gasteiger partial charge on any atom is -0.330 e. The molecule has 2 N–H and O–H groups in total. The maximum absolute atomic E-state index is 13.6. The zero-order valence-corrected chi connectivity index (χ0v) is 12.2. The highest BCUT2D eigenvalue weighted by Gasteiger charge is 2.34. The summed E-state index contributed by atoms with van der Waals surface area (Å²) in [5, 5.41) is 0. The Morgan fingerprint density at radius 2 is 2.16 bits per heavy atom. The molecule has 2 nitrogen and oxygen atoms in total. The highest BCUT2D eigenvalue weighted by molar-refractivity contribution is 5.30. The van der Waals surface area contributed by atoms with Crippen LogP contribution in [0.2, 0.25) is 0 Å². The first-order valence-electron chi connectivity index (χ1n) is 7.26. The molecule has 0 radical (unpaired) electrons. The molecule has 0 spiro atoms. The van der Waals surface area contributed by atoms with Crippen molar-refractivity contribution in [2.24, 2.45) is 11.7 Å². The molecular weight excluding hydrogens is 239 g/mol. The molecule has 2 atom stereocenters. The Hall–Kier alpha value is -0.930. The summed E-state index contributed by atoms with van der Waals surface area (Å²) in [7, 11) is 0. The Labute approximate surface area is 115 Å². The molecule has 1 heterocycles. The SMILES string of the molecule is Cc1ccc(F)cc1C1C(CN)CCCN1C(C)C. The van der Waals surface area contributed by atoms with Gasteiger partial charge in [-0.15, -0.1) is 0 Å². The molecule has 2 rings (SSSR count). The van der Waals surface area contributed by atoms with Crippen LogP contribution < -0.4 is 5.73 Å². The van der Waals surface area contributed by atoms with Crippen molar-refractivity contribution in [3.8, 4) is 0 Å². The number of piperidine rings is 1. The van der Waals surface area contributed by atoms with E-state index in [0.29, 0.717) is 18.5 Å². The largest absolute Gasteiger partial charge is 0.330 e. The van der Waals surface area contributed by atoms with Crippen molar-refractivity contribution >= 4 is 0 Å². The second kappa shape index (κ2) is 6.02. The average Bonchev–Trinajstić information content (AvgIpc) is 2.40. The Bertz CT molecular complexity index is 431. The fourth-order valence-electron chi connectivity index (χ4n) is 3.29. The second-order valence-electron chi connectivity index (χ2n) is 5.92. The van der Waals surface area contributed by atoms with E-state index in [1.807, 2.05) is 6.07 Å². The van der Waals surface area contributed by atoms with Gasteiger partial charge in [-0.3, -0.25) is 4.90 Å². The highest BCUT2D eigenvalue weighted by atomic mass is 19.1. The van der Waals surface area contributed by atoms with Crippen LogP contribution in [0.3, 0.4) is 0 Å². The van der Waals surface area contributed by atoms with E-state index in [-0.39, 0.29) is 11.9 Å². The number of rotatable bonds is 3. The number of likely N-dealkylation sites (tertiary alicyclic amines) is 1. The molecular formula is C16H25FN2. The number of nitrogens with two attached hydrogens (primary N) is 1. The molecule has 2 unspecified atom stereocenters. The minimum atomic E-state index is -0.148. The predicted molar refractivity (Wildman–Crippen MR) is 77.5 cm³/mol. The molecule has 1 aliphatic heterocycles. The molecule has 1 fully saturated rings. The van der Waals surface area contributed by atoms with Crippen LogP contribution in [0.25, 0.3) is 0 Å². The predicted octanol–water partition coefficient (Wildman–Crippen LogP) is 3.25. The first-order chi connectivity index (χ1) is 9.04. The molecule has 0 aliphatic carbocycles. The molecule has 0 amide bonds. The molecule has 1 aromatic rings. The Morgan fingerprint density at radius 1 is 1.42 bits per heavy atom. The summed E-state index contributed by atoms with van der Waals surface area (Å²) in [6.07, 6.45) is 2.32. The van der Waals surface area contributed by atoms with Gasteiger partial charge in [0.05, 0.1) is 0 Å². The van der Waals surface area contributed by atoms with E-state index >= 15 is 0 Å². The van der Waals surface area contributed by atoms with E-state index in [9.17, 15) is 4.39 Å². The van der Waals surface area contributed by atoms with E-state index in [1.54, 1.807) is 12.1 Å². The standard InChI is InChI=1S/C16H25FN2/c1-11(2)19-8-4-5-13(10-18)16(19)15-9-14(17)7-6-12(15)3/h6-7,9,11,13,16H,4-5,8,10,18H2,1-3H3. The molecule has 1 aromatic carbocycles. The Balaban J connectivity index is 2.42. The first-order valence-corrected chi connectivity index (χ1v) is 7.26. The van der Waals surface area contributed by atoms with E-state index in [4.69, 9.17) is 5.73 Å². The van der Waals surface area contributed by atoms with Crippen LogP contribution in [0.15, 0.2) is 18.2 Å². The summed E-state index contributed by atoms with van der Waals surface area (Å²) >= 11 is 0. The zero-order valence-electron chi connectivity index (χ0n) is 12.2. The van der Waals surface area contributed by atoms with Gasteiger partial charge < -0.3 is 5.73 Å². The molecule has 1 aliphatic rings. The summed E-state index contributed by atoms with van der Waals surface area (Å²) < 4.78 is 13.6. The lowest BCUT2D eigenvalue weighted by molar-refractivity contribution is 0.0659. The average molecular weight is 264 g/mol. The van der Waals surface area contributed by atoms with E-state index in [0.717, 1.165) is 24.1 Å². The lowest BCUT2D eigenvalue weighted by Crippen LogP contribution is -2.45. The van der Waals surface area contributed by atoms with Gasteiger partial charge in [-0.2, -0.15) is 0 Å². The Morgan fingerprint density at radius 3 is 2.79 bits per heavy atom. The van der Waals surface area contributed by atoms with Crippen LogP contribution in [0, 0.1) is 18.7 Å². The molecule has 1 saturated heterocycles. The lowest BCUT2D eigenvalue weighted by Gasteiger charge is -2.44. The quantitative estimate of drug-likeness (QED) is 0.908. The number of benzene rings is 1. The first kappa shape index (κ1) is 14.5. The van der Waals surface area contributed by atoms with Gasteiger partial charge in [0, 0.05) is 12.1 Å². The highest BCUT2D eigenvalue weighted by Crippen LogP contribution is 2.38. The van der Waals surface area contributed by atoms with Gasteiger partial charge in [-0.1, -0.05) is 6.07 Å². The van der Waals surface area contributed by atoms with Crippen LogP contribution in [-0.4, -0.2) is 24.0 Å². The number of halogens is 1. The van der Waals surface area contributed by atoms with Crippen LogP contribution in [-0.2, 0) is 0 Å². The van der Waals surface area contributed by atoms with E-state index in [2.05, 4.69) is 25.7 Å². The van der Waals surface area contributed by atoms with Gasteiger partial charge in [0.1, 0.15) is 5.82 Å². The number of nitrogens with zero attached hydrogens (tertiary/aromatic N) is 1. The van der Waals surface area contributed by atoms with Gasteiger partial charge in [0.25, 0.3) is 0 Å².